The number of aryl methyl sites for hydroxylation is 1. The monoisotopic (exact) mass is 391 g/mol. The van der Waals surface area contributed by atoms with Gasteiger partial charge in [-0.25, -0.2) is 4.79 Å². The summed E-state index contributed by atoms with van der Waals surface area (Å²) in [6.07, 6.45) is 2.37. The number of ketones is 1. The predicted octanol–water partition coefficient (Wildman–Crippen LogP) is 4.77. The second-order valence-electron chi connectivity index (χ2n) is 6.27. The van der Waals surface area contributed by atoms with Crippen LogP contribution in [0.1, 0.15) is 69.0 Å². The molecule has 26 heavy (non-hydrogen) atoms. The second kappa shape index (κ2) is 8.14. The summed E-state index contributed by atoms with van der Waals surface area (Å²) in [6.45, 7) is 4.00. The summed E-state index contributed by atoms with van der Waals surface area (Å²) < 4.78 is 5.15. The number of carbonyl (C=O) groups excluding carboxylic acids is 3. The van der Waals surface area contributed by atoms with E-state index in [0.717, 1.165) is 23.3 Å². The summed E-state index contributed by atoms with van der Waals surface area (Å²) in [7, 11) is 0. The third kappa shape index (κ3) is 4.40. The number of ether oxygens (including phenoxy) is 1. The molecule has 0 saturated heterocycles. The van der Waals surface area contributed by atoms with Crippen molar-refractivity contribution in [2.24, 2.45) is 0 Å². The Morgan fingerprint density at radius 3 is 2.62 bits per heavy atom. The van der Waals surface area contributed by atoms with Gasteiger partial charge in [-0.2, -0.15) is 0 Å². The van der Waals surface area contributed by atoms with Gasteiger partial charge in [0, 0.05) is 17.7 Å². The Bertz CT molecular complexity index is 832. The van der Waals surface area contributed by atoms with Gasteiger partial charge in [-0.3, -0.25) is 9.59 Å². The van der Waals surface area contributed by atoms with Crippen molar-refractivity contribution in [2.75, 3.05) is 11.9 Å². The smallest absolute Gasteiger partial charge is 0.341 e. The van der Waals surface area contributed by atoms with Gasteiger partial charge in [-0.1, -0.05) is 0 Å². The summed E-state index contributed by atoms with van der Waals surface area (Å²) in [5, 5.41) is 5.25. The van der Waals surface area contributed by atoms with E-state index >= 15 is 0 Å². The molecule has 1 amide bonds. The fourth-order valence-corrected chi connectivity index (χ4v) is 4.58. The van der Waals surface area contributed by atoms with E-state index in [4.69, 9.17) is 4.74 Å². The van der Waals surface area contributed by atoms with Crippen LogP contribution >= 0.6 is 22.7 Å². The molecule has 0 aromatic carbocycles. The van der Waals surface area contributed by atoms with Gasteiger partial charge in [0.1, 0.15) is 5.00 Å². The Hall–Kier alpha value is -1.99. The number of anilines is 1. The molecule has 3 rings (SSSR count). The first-order valence-electron chi connectivity index (χ1n) is 8.67. The van der Waals surface area contributed by atoms with Crippen molar-refractivity contribution in [1.29, 1.82) is 0 Å². The highest BCUT2D eigenvalue weighted by Gasteiger charge is 2.32. The summed E-state index contributed by atoms with van der Waals surface area (Å²) in [5.74, 6) is -0.300. The van der Waals surface area contributed by atoms with Crippen LogP contribution in [0, 0.1) is 6.92 Å². The molecule has 0 radical (unpaired) electrons. The van der Waals surface area contributed by atoms with Crippen LogP contribution in [-0.4, -0.2) is 24.3 Å². The molecule has 5 nitrogen and oxygen atoms in total. The van der Waals surface area contributed by atoms with Crippen LogP contribution in [0.5, 0.6) is 0 Å². The average molecular weight is 392 g/mol. The van der Waals surface area contributed by atoms with E-state index in [-0.39, 0.29) is 24.5 Å². The number of thiophene rings is 2. The van der Waals surface area contributed by atoms with Crippen molar-refractivity contribution < 1.29 is 19.1 Å². The van der Waals surface area contributed by atoms with Gasteiger partial charge < -0.3 is 10.1 Å². The third-order valence-electron chi connectivity index (χ3n) is 4.16. The first kappa shape index (κ1) is 18.8. The number of nitrogens with one attached hydrogen (secondary N) is 1. The van der Waals surface area contributed by atoms with Crippen molar-refractivity contribution >= 4 is 45.3 Å². The Labute approximate surface area is 160 Å². The van der Waals surface area contributed by atoms with E-state index in [2.05, 4.69) is 5.32 Å². The quantitative estimate of drug-likeness (QED) is 0.519. The maximum atomic E-state index is 12.3. The number of carbonyl (C=O) groups is 3. The molecule has 1 N–H and O–H groups in total. The fourth-order valence-electron chi connectivity index (χ4n) is 2.70. The van der Waals surface area contributed by atoms with Crippen molar-refractivity contribution in [3.05, 3.63) is 38.4 Å². The van der Waals surface area contributed by atoms with Crippen LogP contribution < -0.4 is 5.32 Å². The van der Waals surface area contributed by atoms with E-state index in [1.54, 1.807) is 13.0 Å². The molecule has 0 bridgehead atoms. The van der Waals surface area contributed by atoms with Gasteiger partial charge in [-0.05, 0) is 55.7 Å². The highest BCUT2D eigenvalue weighted by Crippen LogP contribution is 2.46. The molecule has 2 aromatic heterocycles. The molecule has 2 aromatic rings. The topological polar surface area (TPSA) is 72.5 Å². The first-order chi connectivity index (χ1) is 12.5. The molecule has 0 aliphatic heterocycles. The van der Waals surface area contributed by atoms with Crippen LogP contribution in [0.2, 0.25) is 0 Å². The lowest BCUT2D eigenvalue weighted by Gasteiger charge is -2.08. The lowest BCUT2D eigenvalue weighted by Crippen LogP contribution is -2.16. The lowest BCUT2D eigenvalue weighted by molar-refractivity contribution is -0.116. The molecule has 1 fully saturated rings. The summed E-state index contributed by atoms with van der Waals surface area (Å²) >= 11 is 2.78. The maximum Gasteiger partial charge on any atom is 0.341 e. The average Bonchev–Trinajstić information content (AvgIpc) is 3.23. The normalized spacial score (nSPS) is 13.5. The fraction of sp³-hybridized carbons (Fsp3) is 0.421. The van der Waals surface area contributed by atoms with Gasteiger partial charge in [0.2, 0.25) is 5.91 Å². The van der Waals surface area contributed by atoms with E-state index in [0.29, 0.717) is 28.0 Å². The van der Waals surface area contributed by atoms with Gasteiger partial charge in [0.15, 0.2) is 5.78 Å². The molecule has 138 valence electrons. The van der Waals surface area contributed by atoms with Gasteiger partial charge >= 0.3 is 5.97 Å². The van der Waals surface area contributed by atoms with Gasteiger partial charge in [-0.15, -0.1) is 22.7 Å². The summed E-state index contributed by atoms with van der Waals surface area (Å²) in [5.41, 5.74) is 1.45. The Morgan fingerprint density at radius 1 is 1.23 bits per heavy atom. The number of amides is 1. The van der Waals surface area contributed by atoms with Crippen LogP contribution in [-0.2, 0) is 9.53 Å². The minimum absolute atomic E-state index is 0.0336. The van der Waals surface area contributed by atoms with E-state index in [1.807, 2.05) is 18.4 Å². The molecule has 0 spiro atoms. The number of esters is 1. The van der Waals surface area contributed by atoms with Crippen molar-refractivity contribution in [3.63, 3.8) is 0 Å². The molecule has 0 atom stereocenters. The molecular formula is C19H21NO4S2. The summed E-state index contributed by atoms with van der Waals surface area (Å²) in [4.78, 5) is 38.5. The standard InChI is InChI=1S/C19H21NO4S2/c1-3-24-19(23)17-13(12-5-6-12)10-25-18(17)20-16(22)9-7-14(21)15-8-4-11(2)26-15/h4,8,10,12H,3,5-7,9H2,1-2H3,(H,20,22). The Kier molecular flexibility index (Phi) is 5.88. The SMILES string of the molecule is CCOC(=O)c1c(C2CC2)csc1NC(=O)CCC(=O)c1ccc(C)s1. The van der Waals surface area contributed by atoms with Crippen LogP contribution in [0.4, 0.5) is 5.00 Å². The zero-order chi connectivity index (χ0) is 18.7. The molecular weight excluding hydrogens is 370 g/mol. The lowest BCUT2D eigenvalue weighted by atomic mass is 10.1. The molecule has 1 aliphatic carbocycles. The highest BCUT2D eigenvalue weighted by atomic mass is 32.1. The Morgan fingerprint density at radius 2 is 2.00 bits per heavy atom. The van der Waals surface area contributed by atoms with Crippen LogP contribution in [0.15, 0.2) is 17.5 Å². The third-order valence-corrected chi connectivity index (χ3v) is 6.12. The minimum Gasteiger partial charge on any atom is -0.462 e. The van der Waals surface area contributed by atoms with Gasteiger partial charge in [0.05, 0.1) is 17.0 Å². The molecule has 0 unspecified atom stereocenters. The zero-order valence-corrected chi connectivity index (χ0v) is 16.4. The first-order valence-corrected chi connectivity index (χ1v) is 10.4. The van der Waals surface area contributed by atoms with Gasteiger partial charge in [0.25, 0.3) is 0 Å². The molecule has 7 heteroatoms. The number of Topliss-reactive ketones (excluding diaryl/α,β-unsaturated/α-hetero) is 1. The number of rotatable bonds is 8. The predicted molar refractivity (Wildman–Crippen MR) is 104 cm³/mol. The van der Waals surface area contributed by atoms with E-state index in [1.165, 1.54) is 22.7 Å². The van der Waals surface area contributed by atoms with Crippen molar-refractivity contribution in [1.82, 2.24) is 0 Å². The summed E-state index contributed by atoms with van der Waals surface area (Å²) in [6, 6.07) is 3.69. The van der Waals surface area contributed by atoms with E-state index < -0.39 is 5.97 Å². The molecule has 2 heterocycles. The highest BCUT2D eigenvalue weighted by molar-refractivity contribution is 7.15. The van der Waals surface area contributed by atoms with Crippen molar-refractivity contribution in [3.8, 4) is 0 Å². The molecule has 1 saturated carbocycles. The number of hydrogen-bond acceptors (Lipinski definition) is 6. The number of hydrogen-bond donors (Lipinski definition) is 1. The van der Waals surface area contributed by atoms with Crippen molar-refractivity contribution in [2.45, 2.75) is 45.4 Å². The minimum atomic E-state index is -0.393. The van der Waals surface area contributed by atoms with Crippen LogP contribution in [0.25, 0.3) is 0 Å². The second-order valence-corrected chi connectivity index (χ2v) is 8.44. The zero-order valence-electron chi connectivity index (χ0n) is 14.8. The largest absolute Gasteiger partial charge is 0.462 e. The van der Waals surface area contributed by atoms with E-state index in [9.17, 15) is 14.4 Å². The maximum absolute atomic E-state index is 12.3. The van der Waals surface area contributed by atoms with Crippen LogP contribution in [0.3, 0.4) is 0 Å². The molecule has 1 aliphatic rings. The Balaban J connectivity index is 1.63.